The summed E-state index contributed by atoms with van der Waals surface area (Å²) in [6.45, 7) is 14.8. The highest BCUT2D eigenvalue weighted by Gasteiger charge is 2.29. The van der Waals surface area contributed by atoms with E-state index in [0.717, 1.165) is 57.5 Å². The smallest absolute Gasteiger partial charge is 0.273 e. The molecule has 0 aromatic carbocycles. The second-order valence-corrected chi connectivity index (χ2v) is 6.70. The minimum absolute atomic E-state index is 0.108. The van der Waals surface area contributed by atoms with Crippen molar-refractivity contribution in [1.82, 2.24) is 15.4 Å². The summed E-state index contributed by atoms with van der Waals surface area (Å²) in [7, 11) is 0. The zero-order valence-electron chi connectivity index (χ0n) is 16.2. The van der Waals surface area contributed by atoms with Crippen molar-refractivity contribution < 1.29 is 9.32 Å². The Morgan fingerprint density at radius 1 is 1.17 bits per heavy atom. The van der Waals surface area contributed by atoms with E-state index in [1.54, 1.807) is 6.07 Å². The van der Waals surface area contributed by atoms with Crippen molar-refractivity contribution in [3.05, 3.63) is 17.5 Å². The summed E-state index contributed by atoms with van der Waals surface area (Å²) in [6, 6.07) is 1.73. The van der Waals surface area contributed by atoms with Crippen molar-refractivity contribution in [3.8, 4) is 0 Å². The first-order chi connectivity index (χ1) is 11.5. The van der Waals surface area contributed by atoms with E-state index >= 15 is 0 Å². The molecule has 0 aliphatic rings. The predicted octanol–water partition coefficient (Wildman–Crippen LogP) is 3.90. The van der Waals surface area contributed by atoms with Gasteiger partial charge in [0.2, 0.25) is 0 Å². The predicted molar refractivity (Wildman–Crippen MR) is 98.3 cm³/mol. The number of carbonyl (C=O) groups is 1. The van der Waals surface area contributed by atoms with E-state index in [9.17, 15) is 4.79 Å². The van der Waals surface area contributed by atoms with Crippen molar-refractivity contribution in [2.45, 2.75) is 66.7 Å². The maximum atomic E-state index is 12.3. The van der Waals surface area contributed by atoms with Gasteiger partial charge in [0.1, 0.15) is 5.76 Å². The fraction of sp³-hybridized carbons (Fsp3) is 0.789. The number of nitrogens with one attached hydrogen (secondary N) is 1. The zero-order chi connectivity index (χ0) is 18.0. The maximum absolute atomic E-state index is 12.3. The van der Waals surface area contributed by atoms with Crippen molar-refractivity contribution in [2.24, 2.45) is 5.41 Å². The number of hydrogen-bond acceptors (Lipinski definition) is 4. The van der Waals surface area contributed by atoms with Crippen LogP contribution >= 0.6 is 0 Å². The van der Waals surface area contributed by atoms with Gasteiger partial charge in [0.05, 0.1) is 0 Å². The Labute approximate surface area is 147 Å². The van der Waals surface area contributed by atoms with Crippen LogP contribution < -0.4 is 5.32 Å². The summed E-state index contributed by atoms with van der Waals surface area (Å²) < 4.78 is 5.13. The van der Waals surface area contributed by atoms with Crippen LogP contribution in [0.25, 0.3) is 0 Å². The highest BCUT2D eigenvalue weighted by Crippen LogP contribution is 2.27. The molecule has 0 bridgehead atoms. The van der Waals surface area contributed by atoms with Crippen LogP contribution in [0.3, 0.4) is 0 Å². The number of hydrogen-bond donors (Lipinski definition) is 1. The molecule has 24 heavy (non-hydrogen) atoms. The summed E-state index contributed by atoms with van der Waals surface area (Å²) in [5, 5.41) is 6.94. The van der Waals surface area contributed by atoms with Crippen molar-refractivity contribution in [1.29, 1.82) is 0 Å². The van der Waals surface area contributed by atoms with Gasteiger partial charge in [0.15, 0.2) is 5.69 Å². The Bertz CT molecular complexity index is 475. The number of aryl methyl sites for hydroxylation is 1. The van der Waals surface area contributed by atoms with E-state index in [0.29, 0.717) is 12.2 Å². The molecule has 1 aromatic rings. The lowest BCUT2D eigenvalue weighted by atomic mass is 9.81. The molecule has 0 saturated carbocycles. The summed E-state index contributed by atoms with van der Waals surface area (Å²) in [6.07, 6.45) is 5.17. The van der Waals surface area contributed by atoms with Crippen LogP contribution in [0.2, 0.25) is 0 Å². The first kappa shape index (κ1) is 20.7. The van der Waals surface area contributed by atoms with Gasteiger partial charge >= 0.3 is 0 Å². The first-order valence-corrected chi connectivity index (χ1v) is 9.50. The molecule has 0 fully saturated rings. The van der Waals surface area contributed by atoms with Crippen LogP contribution in [-0.4, -0.2) is 42.1 Å². The number of aromatic nitrogens is 1. The van der Waals surface area contributed by atoms with Crippen molar-refractivity contribution in [2.75, 3.05) is 26.2 Å². The molecule has 0 unspecified atom stereocenters. The van der Waals surface area contributed by atoms with E-state index < -0.39 is 0 Å². The molecule has 1 amide bonds. The molecule has 0 spiro atoms. The van der Waals surface area contributed by atoms with E-state index in [1.807, 2.05) is 6.92 Å². The Hall–Kier alpha value is -1.36. The van der Waals surface area contributed by atoms with Crippen LogP contribution in [0.4, 0.5) is 0 Å². The average Bonchev–Trinajstić information content (AvgIpc) is 3.08. The molecular formula is C19H35N3O2. The third-order valence-corrected chi connectivity index (χ3v) is 4.90. The first-order valence-electron chi connectivity index (χ1n) is 9.50. The normalized spacial score (nSPS) is 11.9. The minimum atomic E-state index is -0.137. The molecule has 0 saturated heterocycles. The number of carbonyl (C=O) groups excluding carboxylic acids is 1. The van der Waals surface area contributed by atoms with Gasteiger partial charge in [-0.05, 0) is 44.2 Å². The topological polar surface area (TPSA) is 58.4 Å². The second-order valence-electron chi connectivity index (χ2n) is 6.70. The zero-order valence-corrected chi connectivity index (χ0v) is 16.2. The van der Waals surface area contributed by atoms with Crippen LogP contribution in [-0.2, 0) is 6.42 Å². The van der Waals surface area contributed by atoms with Crippen LogP contribution in [0.5, 0.6) is 0 Å². The summed E-state index contributed by atoms with van der Waals surface area (Å²) >= 11 is 0. The Morgan fingerprint density at radius 2 is 1.79 bits per heavy atom. The number of rotatable bonds is 12. The highest BCUT2D eigenvalue weighted by molar-refractivity contribution is 5.92. The highest BCUT2D eigenvalue weighted by atomic mass is 16.5. The monoisotopic (exact) mass is 337 g/mol. The fourth-order valence-corrected chi connectivity index (χ4v) is 3.10. The minimum Gasteiger partial charge on any atom is -0.361 e. The lowest BCUT2D eigenvalue weighted by molar-refractivity contribution is 0.0879. The molecule has 0 radical (unpaired) electrons. The molecule has 0 atom stereocenters. The van der Waals surface area contributed by atoms with Gasteiger partial charge in [-0.25, -0.2) is 0 Å². The molecule has 5 nitrogen and oxygen atoms in total. The number of amides is 1. The molecule has 0 aliphatic heterocycles. The van der Waals surface area contributed by atoms with Gasteiger partial charge in [-0.15, -0.1) is 0 Å². The molecule has 0 aliphatic carbocycles. The third kappa shape index (κ3) is 5.93. The van der Waals surface area contributed by atoms with Crippen molar-refractivity contribution in [3.63, 3.8) is 0 Å². The summed E-state index contributed by atoms with van der Waals surface area (Å²) in [5.41, 5.74) is 0.490. The summed E-state index contributed by atoms with van der Waals surface area (Å²) in [4.78, 5) is 14.9. The van der Waals surface area contributed by atoms with E-state index in [-0.39, 0.29) is 11.3 Å². The van der Waals surface area contributed by atoms with Gasteiger partial charge in [-0.1, -0.05) is 39.8 Å². The largest absolute Gasteiger partial charge is 0.361 e. The summed E-state index contributed by atoms with van der Waals surface area (Å²) in [5.74, 6) is 0.608. The molecule has 1 rings (SSSR count). The van der Waals surface area contributed by atoms with Gasteiger partial charge < -0.3 is 14.7 Å². The number of nitrogens with zero attached hydrogens (tertiary/aromatic N) is 2. The van der Waals surface area contributed by atoms with Crippen LogP contribution in [0.15, 0.2) is 10.6 Å². The van der Waals surface area contributed by atoms with Gasteiger partial charge in [0.25, 0.3) is 5.91 Å². The fourth-order valence-electron chi connectivity index (χ4n) is 3.10. The lowest BCUT2D eigenvalue weighted by Crippen LogP contribution is -2.45. The Balaban J connectivity index is 2.70. The van der Waals surface area contributed by atoms with E-state index in [2.05, 4.69) is 43.1 Å². The quantitative estimate of drug-likeness (QED) is 0.628. The molecule has 1 heterocycles. The average molecular weight is 338 g/mol. The molecule has 138 valence electrons. The molecule has 1 aromatic heterocycles. The van der Waals surface area contributed by atoms with Gasteiger partial charge in [0, 0.05) is 25.6 Å². The second kappa shape index (κ2) is 10.5. The Kier molecular flexibility index (Phi) is 9.04. The lowest BCUT2D eigenvalue weighted by Gasteiger charge is -2.37. The van der Waals surface area contributed by atoms with Crippen LogP contribution in [0, 0.1) is 5.41 Å². The molecule has 5 heteroatoms. The SMILES string of the molecule is CCCN(CCC)CC(CC)(CC)CNC(=O)c1cc(CC)on1. The van der Waals surface area contributed by atoms with Crippen molar-refractivity contribution >= 4 is 5.91 Å². The van der Waals surface area contributed by atoms with E-state index in [4.69, 9.17) is 4.52 Å². The van der Waals surface area contributed by atoms with Gasteiger partial charge in [-0.2, -0.15) is 0 Å². The molecular weight excluding hydrogens is 302 g/mol. The third-order valence-electron chi connectivity index (χ3n) is 4.90. The Morgan fingerprint density at radius 3 is 2.25 bits per heavy atom. The van der Waals surface area contributed by atoms with Gasteiger partial charge in [-0.3, -0.25) is 4.79 Å². The van der Waals surface area contributed by atoms with Crippen LogP contribution in [0.1, 0.15) is 76.6 Å². The van der Waals surface area contributed by atoms with E-state index in [1.165, 1.54) is 0 Å². The maximum Gasteiger partial charge on any atom is 0.273 e. The molecule has 1 N–H and O–H groups in total. The standard InChI is InChI=1S/C19H35N3O2/c1-6-11-22(12-7-2)15-19(9-4,10-5)14-20-18(23)17-13-16(8-3)24-21-17/h13H,6-12,14-15H2,1-5H3,(H,20,23).